The van der Waals surface area contributed by atoms with E-state index in [4.69, 9.17) is 0 Å². The maximum absolute atomic E-state index is 10.7. The summed E-state index contributed by atoms with van der Waals surface area (Å²) in [5, 5.41) is 19.2. The highest BCUT2D eigenvalue weighted by Crippen LogP contribution is 2.12. The highest BCUT2D eigenvalue weighted by molar-refractivity contribution is 7.09. The first-order valence-electron chi connectivity index (χ1n) is 7.47. The maximum atomic E-state index is 10.7. The van der Waals surface area contributed by atoms with E-state index >= 15 is 0 Å². The van der Waals surface area contributed by atoms with Crippen LogP contribution in [0.2, 0.25) is 0 Å². The van der Waals surface area contributed by atoms with Crippen molar-refractivity contribution in [2.45, 2.75) is 20.0 Å². The van der Waals surface area contributed by atoms with Crippen LogP contribution in [-0.2, 0) is 13.1 Å². The first kappa shape index (κ1) is 17.7. The Labute approximate surface area is 145 Å². The van der Waals surface area contributed by atoms with Crippen molar-refractivity contribution in [3.05, 3.63) is 74.5 Å². The van der Waals surface area contributed by atoms with E-state index < -0.39 is 4.92 Å². The van der Waals surface area contributed by atoms with Crippen molar-refractivity contribution in [2.75, 3.05) is 6.54 Å². The second-order valence-corrected chi connectivity index (χ2v) is 6.36. The van der Waals surface area contributed by atoms with Crippen LogP contribution in [0.15, 0.2) is 58.9 Å². The van der Waals surface area contributed by atoms with Crippen molar-refractivity contribution < 1.29 is 4.92 Å². The minimum Gasteiger partial charge on any atom is -0.353 e. The highest BCUT2D eigenvalue weighted by Gasteiger charge is 2.04. The molecule has 0 aliphatic heterocycles. The number of aliphatic imine (C=N–C) groups is 1. The molecule has 0 aliphatic carbocycles. The van der Waals surface area contributed by atoms with Gasteiger partial charge in [-0.3, -0.25) is 10.1 Å². The maximum Gasteiger partial charge on any atom is 0.269 e. The van der Waals surface area contributed by atoms with E-state index in [0.29, 0.717) is 25.6 Å². The molecular weight excluding hydrogens is 324 g/mol. The van der Waals surface area contributed by atoms with Gasteiger partial charge in [0, 0.05) is 23.6 Å². The number of nitro benzene ring substituents is 1. The lowest BCUT2D eigenvalue weighted by atomic mass is 10.2. The number of nitrogens with zero attached hydrogens (tertiary/aromatic N) is 2. The lowest BCUT2D eigenvalue weighted by molar-refractivity contribution is -0.384. The SMILES string of the molecule is C=C(C)CNC(=NCc1ccc([N+](=O)[O-])cc1)NCc1cccs1. The Morgan fingerprint density at radius 2 is 2.04 bits per heavy atom. The van der Waals surface area contributed by atoms with Crippen molar-refractivity contribution in [1.82, 2.24) is 10.6 Å². The van der Waals surface area contributed by atoms with Crippen LogP contribution in [0.1, 0.15) is 17.4 Å². The number of non-ortho nitro benzene ring substituents is 1. The molecule has 1 heterocycles. The topological polar surface area (TPSA) is 79.6 Å². The molecule has 0 atom stereocenters. The Morgan fingerprint density at radius 1 is 1.29 bits per heavy atom. The fraction of sp³-hybridized carbons (Fsp3) is 0.235. The quantitative estimate of drug-likeness (QED) is 0.265. The molecule has 1 aromatic carbocycles. The van der Waals surface area contributed by atoms with Crippen molar-refractivity contribution in [2.24, 2.45) is 4.99 Å². The molecule has 126 valence electrons. The van der Waals surface area contributed by atoms with Crippen LogP contribution >= 0.6 is 11.3 Å². The molecule has 0 bridgehead atoms. The zero-order valence-corrected chi connectivity index (χ0v) is 14.3. The molecule has 0 unspecified atom stereocenters. The number of rotatable bonds is 7. The molecule has 0 saturated carbocycles. The Bertz CT molecular complexity index is 709. The van der Waals surface area contributed by atoms with E-state index in [0.717, 1.165) is 11.1 Å². The summed E-state index contributed by atoms with van der Waals surface area (Å²) in [6.07, 6.45) is 0. The Kier molecular flexibility index (Phi) is 6.51. The molecular formula is C17H20N4O2S. The van der Waals surface area contributed by atoms with E-state index in [1.807, 2.05) is 18.4 Å². The van der Waals surface area contributed by atoms with Crippen LogP contribution in [0.5, 0.6) is 0 Å². The third-order valence-corrected chi connectivity index (χ3v) is 4.01. The lowest BCUT2D eigenvalue weighted by Gasteiger charge is -2.12. The molecule has 2 rings (SSSR count). The van der Waals surface area contributed by atoms with Gasteiger partial charge in [-0.15, -0.1) is 11.3 Å². The zero-order valence-electron chi connectivity index (χ0n) is 13.5. The number of hydrogen-bond donors (Lipinski definition) is 2. The second kappa shape index (κ2) is 8.83. The van der Waals surface area contributed by atoms with Gasteiger partial charge < -0.3 is 10.6 Å². The summed E-state index contributed by atoms with van der Waals surface area (Å²) in [5.74, 6) is 0.685. The number of nitro groups is 1. The van der Waals surface area contributed by atoms with Crippen LogP contribution in [0, 0.1) is 10.1 Å². The summed E-state index contributed by atoms with van der Waals surface area (Å²) in [5.41, 5.74) is 2.00. The van der Waals surface area contributed by atoms with Gasteiger partial charge in [-0.1, -0.05) is 30.4 Å². The van der Waals surface area contributed by atoms with E-state index in [1.165, 1.54) is 17.0 Å². The second-order valence-electron chi connectivity index (χ2n) is 5.33. The van der Waals surface area contributed by atoms with E-state index in [2.05, 4.69) is 28.3 Å². The zero-order chi connectivity index (χ0) is 17.4. The van der Waals surface area contributed by atoms with E-state index in [9.17, 15) is 10.1 Å². The van der Waals surface area contributed by atoms with Crippen LogP contribution in [0.3, 0.4) is 0 Å². The first-order chi connectivity index (χ1) is 11.5. The number of guanidine groups is 1. The van der Waals surface area contributed by atoms with Crippen molar-refractivity contribution in [3.8, 4) is 0 Å². The smallest absolute Gasteiger partial charge is 0.269 e. The van der Waals surface area contributed by atoms with Gasteiger partial charge in [-0.2, -0.15) is 0 Å². The van der Waals surface area contributed by atoms with Crippen molar-refractivity contribution in [3.63, 3.8) is 0 Å². The molecule has 0 aliphatic rings. The Morgan fingerprint density at radius 3 is 2.62 bits per heavy atom. The number of thiophene rings is 1. The van der Waals surface area contributed by atoms with Crippen LogP contribution in [0.4, 0.5) is 5.69 Å². The van der Waals surface area contributed by atoms with Crippen molar-refractivity contribution in [1.29, 1.82) is 0 Å². The van der Waals surface area contributed by atoms with E-state index in [-0.39, 0.29) is 5.69 Å². The first-order valence-corrected chi connectivity index (χ1v) is 8.35. The molecule has 2 aromatic rings. The standard InChI is InChI=1S/C17H20N4O2S/c1-13(2)10-18-17(20-12-16-4-3-9-24-16)19-11-14-5-7-15(8-6-14)21(22)23/h3-9H,1,10-12H2,2H3,(H2,18,19,20). The van der Waals surface area contributed by atoms with Gasteiger partial charge in [-0.25, -0.2) is 4.99 Å². The largest absolute Gasteiger partial charge is 0.353 e. The van der Waals surface area contributed by atoms with Gasteiger partial charge in [-0.05, 0) is 23.9 Å². The summed E-state index contributed by atoms with van der Waals surface area (Å²) < 4.78 is 0. The molecule has 0 fully saturated rings. The van der Waals surface area contributed by atoms with Gasteiger partial charge in [0.2, 0.25) is 0 Å². The summed E-state index contributed by atoms with van der Waals surface area (Å²) >= 11 is 1.68. The molecule has 7 heteroatoms. The third kappa shape index (κ3) is 5.85. The van der Waals surface area contributed by atoms with Gasteiger partial charge in [0.1, 0.15) is 0 Å². The highest BCUT2D eigenvalue weighted by atomic mass is 32.1. The molecule has 6 nitrogen and oxygen atoms in total. The lowest BCUT2D eigenvalue weighted by Crippen LogP contribution is -2.37. The summed E-state index contributed by atoms with van der Waals surface area (Å²) in [6, 6.07) is 10.5. The normalized spacial score (nSPS) is 11.1. The predicted octanol–water partition coefficient (Wildman–Crippen LogP) is 3.47. The van der Waals surface area contributed by atoms with Gasteiger partial charge in [0.25, 0.3) is 5.69 Å². The van der Waals surface area contributed by atoms with Crippen LogP contribution in [-0.4, -0.2) is 17.4 Å². The van der Waals surface area contributed by atoms with Crippen LogP contribution in [0.25, 0.3) is 0 Å². The number of nitrogens with one attached hydrogen (secondary N) is 2. The number of benzene rings is 1. The summed E-state index contributed by atoms with van der Waals surface area (Å²) in [6.45, 7) is 7.59. The molecule has 2 N–H and O–H groups in total. The third-order valence-electron chi connectivity index (χ3n) is 3.13. The molecule has 0 saturated heterocycles. The predicted molar refractivity (Wildman–Crippen MR) is 98.2 cm³/mol. The summed E-state index contributed by atoms with van der Waals surface area (Å²) in [7, 11) is 0. The summed E-state index contributed by atoms with van der Waals surface area (Å²) in [4.78, 5) is 16.0. The van der Waals surface area contributed by atoms with Gasteiger partial charge >= 0.3 is 0 Å². The Balaban J connectivity index is 1.99. The molecule has 0 amide bonds. The average molecular weight is 344 g/mol. The molecule has 0 spiro atoms. The van der Waals surface area contributed by atoms with E-state index in [1.54, 1.807) is 23.5 Å². The van der Waals surface area contributed by atoms with Gasteiger partial charge in [0.05, 0.1) is 18.0 Å². The molecule has 24 heavy (non-hydrogen) atoms. The average Bonchev–Trinajstić information content (AvgIpc) is 3.07. The van der Waals surface area contributed by atoms with Gasteiger partial charge in [0.15, 0.2) is 5.96 Å². The minimum absolute atomic E-state index is 0.0826. The van der Waals surface area contributed by atoms with Crippen LogP contribution < -0.4 is 10.6 Å². The molecule has 1 aromatic heterocycles. The minimum atomic E-state index is -0.407. The number of hydrogen-bond acceptors (Lipinski definition) is 4. The fourth-order valence-electron chi connectivity index (χ4n) is 1.89. The monoisotopic (exact) mass is 344 g/mol. The fourth-order valence-corrected chi connectivity index (χ4v) is 2.53. The van der Waals surface area contributed by atoms with Crippen molar-refractivity contribution >= 4 is 23.0 Å². The Hall–Kier alpha value is -2.67. The molecule has 0 radical (unpaired) electrons.